The van der Waals surface area contributed by atoms with Gasteiger partial charge in [0.05, 0.1) is 34.5 Å². The molecule has 2 aromatic carbocycles. The Morgan fingerprint density at radius 2 is 1.52 bits per heavy atom. The van der Waals surface area contributed by atoms with Crippen LogP contribution in [0.1, 0.15) is 45.7 Å². The van der Waals surface area contributed by atoms with Crippen molar-refractivity contribution in [2.75, 3.05) is 34.4 Å². The van der Waals surface area contributed by atoms with E-state index in [4.69, 9.17) is 5.26 Å². The molecule has 2 aromatic rings. The number of nitrogens with zero attached hydrogens (tertiary/aromatic N) is 2. The normalized spacial score (nSPS) is 20.0. The van der Waals surface area contributed by atoms with Crippen molar-refractivity contribution in [1.29, 1.82) is 0 Å². The maximum absolute atomic E-state index is 11.9. The topological polar surface area (TPSA) is 208 Å². The Hall–Kier alpha value is -3.04. The van der Waals surface area contributed by atoms with Crippen molar-refractivity contribution in [1.82, 2.24) is 0 Å². The highest BCUT2D eigenvalue weighted by Crippen LogP contribution is 2.49. The van der Waals surface area contributed by atoms with E-state index in [2.05, 4.69) is 9.37 Å². The maximum Gasteiger partial charge on any atom is 0.294 e. The second-order valence-electron chi connectivity index (χ2n) is 13.0. The summed E-state index contributed by atoms with van der Waals surface area (Å²) in [4.78, 5) is 3.93. The molecular formula is C32H40N2O12S4. The molecule has 274 valence electrons. The Labute approximate surface area is 297 Å². The fraction of sp³-hybridized carbons (Fsp3) is 0.375. The molecule has 0 spiro atoms. The molecule has 0 amide bonds. The number of hydrogen-bond donors (Lipinski definition) is 4. The fourth-order valence-corrected chi connectivity index (χ4v) is 8.07. The number of hydrogen-bond acceptors (Lipinski definition) is 12. The van der Waals surface area contributed by atoms with Gasteiger partial charge >= 0.3 is 0 Å². The van der Waals surface area contributed by atoms with E-state index in [1.807, 2.05) is 69.9 Å². The van der Waals surface area contributed by atoms with E-state index in [9.17, 15) is 38.9 Å². The monoisotopic (exact) mass is 772 g/mol. The second-order valence-corrected chi connectivity index (χ2v) is 18.3. The minimum absolute atomic E-state index is 0.0289. The van der Waals surface area contributed by atoms with Gasteiger partial charge in [0.1, 0.15) is 0 Å². The molecule has 18 heteroatoms. The minimum atomic E-state index is -4.49. The van der Waals surface area contributed by atoms with Crippen LogP contribution in [0.5, 0.6) is 0 Å². The predicted molar refractivity (Wildman–Crippen MR) is 191 cm³/mol. The van der Waals surface area contributed by atoms with Gasteiger partial charge in [0.15, 0.2) is 0 Å². The van der Waals surface area contributed by atoms with Gasteiger partial charge in [0.2, 0.25) is 0 Å². The molecule has 2 aliphatic heterocycles. The van der Waals surface area contributed by atoms with E-state index in [0.29, 0.717) is 21.8 Å². The summed E-state index contributed by atoms with van der Waals surface area (Å²) < 4.78 is 103. The fourth-order valence-electron chi connectivity index (χ4n) is 6.33. The lowest BCUT2D eigenvalue weighted by Gasteiger charge is -2.32. The lowest BCUT2D eigenvalue weighted by atomic mass is 9.80. The molecule has 0 bridgehead atoms. The largest absolute Gasteiger partial charge is 0.363 e. The minimum Gasteiger partial charge on any atom is -0.363 e. The Morgan fingerprint density at radius 3 is 2.14 bits per heavy atom. The Balaban J connectivity index is 1.62. The van der Waals surface area contributed by atoms with Crippen LogP contribution < -0.4 is 9.80 Å². The van der Waals surface area contributed by atoms with Crippen LogP contribution in [0.2, 0.25) is 0 Å². The summed E-state index contributed by atoms with van der Waals surface area (Å²) in [6.07, 6.45) is 11.0. The van der Waals surface area contributed by atoms with Gasteiger partial charge in [-0.3, -0.25) is 13.7 Å². The highest BCUT2D eigenvalue weighted by molar-refractivity contribution is 7.94. The van der Waals surface area contributed by atoms with Crippen LogP contribution in [-0.2, 0) is 50.6 Å². The van der Waals surface area contributed by atoms with Crippen molar-refractivity contribution in [3.05, 3.63) is 95.3 Å². The van der Waals surface area contributed by atoms with Crippen LogP contribution >= 0.6 is 12.0 Å². The van der Waals surface area contributed by atoms with Crippen LogP contribution in [0.3, 0.4) is 0 Å². The highest BCUT2D eigenvalue weighted by Gasteiger charge is 2.44. The smallest absolute Gasteiger partial charge is 0.294 e. The lowest BCUT2D eigenvalue weighted by molar-refractivity contribution is -0.432. The number of rotatable bonds is 14. The van der Waals surface area contributed by atoms with Gasteiger partial charge in [0, 0.05) is 45.9 Å². The quantitative estimate of drug-likeness (QED) is 0.0628. The molecule has 0 aliphatic carbocycles. The second kappa shape index (κ2) is 14.9. The van der Waals surface area contributed by atoms with Crippen molar-refractivity contribution < 1.29 is 53.5 Å². The van der Waals surface area contributed by atoms with Gasteiger partial charge in [-0.1, -0.05) is 68.7 Å². The Kier molecular flexibility index (Phi) is 11.8. The molecule has 4 N–H and O–H groups in total. The molecule has 0 aromatic heterocycles. The molecule has 14 nitrogen and oxygen atoms in total. The van der Waals surface area contributed by atoms with Gasteiger partial charge in [-0.15, -0.1) is 4.33 Å². The van der Waals surface area contributed by atoms with Crippen LogP contribution in [0, 0.1) is 0 Å². The molecule has 1 unspecified atom stereocenters. The molecule has 0 fully saturated rings. The molecule has 4 rings (SSSR count). The summed E-state index contributed by atoms with van der Waals surface area (Å²) in [6, 6.07) is 9.16. The third kappa shape index (κ3) is 9.24. The van der Waals surface area contributed by atoms with Crippen LogP contribution in [-0.4, -0.2) is 74.8 Å². The molecule has 50 heavy (non-hydrogen) atoms. The van der Waals surface area contributed by atoms with E-state index in [1.165, 1.54) is 18.2 Å². The van der Waals surface area contributed by atoms with Gasteiger partial charge in [-0.05, 0) is 60.5 Å². The first kappa shape index (κ1) is 39.7. The summed E-state index contributed by atoms with van der Waals surface area (Å²) in [5.74, 6) is -1.04. The summed E-state index contributed by atoms with van der Waals surface area (Å²) in [5.41, 5.74) is 2.89. The SMILES string of the molecule is CC(C=C/C=C1/N(CCS(=O)(=O)O)c2ccc(S(=O)(=O)O)cc2C1(C)C)=CC=CC1N(CCS(=O)(=O)O)c2ccc(SOOO)cc2C1(C)C. The molecule has 0 saturated carbocycles. The molecule has 2 aliphatic rings. The average molecular weight is 773 g/mol. The predicted octanol–water partition coefficient (Wildman–Crippen LogP) is 5.34. The third-order valence-electron chi connectivity index (χ3n) is 8.80. The van der Waals surface area contributed by atoms with Crippen LogP contribution in [0.25, 0.3) is 0 Å². The number of allylic oxidation sites excluding steroid dienone is 7. The van der Waals surface area contributed by atoms with Crippen molar-refractivity contribution in [2.45, 2.75) is 61.3 Å². The zero-order chi connectivity index (χ0) is 37.3. The standard InChI is InChI=1S/C32H40N2O12S4/c1-22(8-6-10-29-31(2,3)25-20-23(47-46-45-35)12-14-27(25)33(29)16-18-48(36,37)38)9-7-11-30-32(4,5)26-21-24(50(42,43)44)13-15-28(26)34(30)17-19-49(39,40)41/h6-15,20-21,29,35H,16-19H2,1-5H3,(H,36,37,38)(H,39,40,41)(H,42,43,44)/b9-7?,10-6?,22-8?,30-11+. The summed E-state index contributed by atoms with van der Waals surface area (Å²) in [5, 5.41) is 12.3. The first-order chi connectivity index (χ1) is 23.1. The molecular weight excluding hydrogens is 733 g/mol. The van der Waals surface area contributed by atoms with Crippen LogP contribution in [0.15, 0.2) is 93.9 Å². The van der Waals surface area contributed by atoms with Crippen molar-refractivity contribution >= 4 is 53.8 Å². The molecule has 1 atom stereocenters. The van der Waals surface area contributed by atoms with E-state index < -0.39 is 52.7 Å². The number of fused-ring (bicyclic) bond motifs is 2. The van der Waals surface area contributed by atoms with Gasteiger partial charge in [-0.2, -0.15) is 25.3 Å². The maximum atomic E-state index is 11.9. The van der Waals surface area contributed by atoms with E-state index in [-0.39, 0.29) is 24.0 Å². The molecule has 0 radical (unpaired) electrons. The molecule has 2 heterocycles. The Morgan fingerprint density at radius 1 is 0.880 bits per heavy atom. The van der Waals surface area contributed by atoms with Crippen LogP contribution in [0.4, 0.5) is 11.4 Å². The lowest BCUT2D eigenvalue weighted by Crippen LogP contribution is -2.42. The summed E-state index contributed by atoms with van der Waals surface area (Å²) >= 11 is 0.806. The Bertz CT molecular complexity index is 2070. The number of anilines is 2. The van der Waals surface area contributed by atoms with Crippen molar-refractivity contribution in [2.24, 2.45) is 0 Å². The van der Waals surface area contributed by atoms with E-state index in [0.717, 1.165) is 28.9 Å². The van der Waals surface area contributed by atoms with Gasteiger partial charge in [-0.25, -0.2) is 5.26 Å². The van der Waals surface area contributed by atoms with Crippen molar-refractivity contribution in [3.8, 4) is 0 Å². The zero-order valence-electron chi connectivity index (χ0n) is 27.9. The first-order valence-electron chi connectivity index (χ1n) is 15.2. The average Bonchev–Trinajstić information content (AvgIpc) is 3.34. The summed E-state index contributed by atoms with van der Waals surface area (Å²) in [6.45, 7) is 9.46. The highest BCUT2D eigenvalue weighted by atomic mass is 32.2. The summed E-state index contributed by atoms with van der Waals surface area (Å²) in [7, 11) is -13.0. The third-order valence-corrected chi connectivity index (χ3v) is 11.6. The van der Waals surface area contributed by atoms with Crippen molar-refractivity contribution in [3.63, 3.8) is 0 Å². The first-order valence-corrected chi connectivity index (χ1v) is 20.6. The molecule has 0 saturated heterocycles. The number of benzene rings is 2. The van der Waals surface area contributed by atoms with Gasteiger partial charge in [0.25, 0.3) is 30.4 Å². The zero-order valence-corrected chi connectivity index (χ0v) is 31.2. The van der Waals surface area contributed by atoms with E-state index >= 15 is 0 Å². The van der Waals surface area contributed by atoms with Gasteiger partial charge < -0.3 is 9.80 Å². The van der Waals surface area contributed by atoms with E-state index in [1.54, 1.807) is 29.2 Å².